The van der Waals surface area contributed by atoms with Crippen LogP contribution < -0.4 is 10.1 Å². The predicted octanol–water partition coefficient (Wildman–Crippen LogP) is 1.18. The highest BCUT2D eigenvalue weighted by Crippen LogP contribution is 2.31. The van der Waals surface area contributed by atoms with Crippen LogP contribution in [0.2, 0.25) is 0 Å². The van der Waals surface area contributed by atoms with Gasteiger partial charge in [-0.1, -0.05) is 11.8 Å². The highest BCUT2D eigenvalue weighted by Gasteiger charge is 2.35. The van der Waals surface area contributed by atoms with Gasteiger partial charge in [0.05, 0.1) is 19.4 Å². The predicted molar refractivity (Wildman–Crippen MR) is 98.5 cm³/mol. The van der Waals surface area contributed by atoms with Gasteiger partial charge in [-0.2, -0.15) is 0 Å². The second-order valence-electron chi connectivity index (χ2n) is 5.78. The molecule has 3 heterocycles. The van der Waals surface area contributed by atoms with Crippen molar-refractivity contribution in [1.29, 1.82) is 0 Å². The van der Waals surface area contributed by atoms with Crippen molar-refractivity contribution in [2.75, 3.05) is 25.2 Å². The molecule has 0 bridgehead atoms. The summed E-state index contributed by atoms with van der Waals surface area (Å²) in [6.45, 7) is 0.869. The Balaban J connectivity index is 1.81. The number of imidazole rings is 1. The molecule has 0 atom stereocenters. The molecule has 2 aromatic rings. The van der Waals surface area contributed by atoms with E-state index in [0.717, 1.165) is 5.75 Å². The van der Waals surface area contributed by atoms with Crippen molar-refractivity contribution in [3.63, 3.8) is 0 Å². The number of ether oxygens (including phenoxy) is 1. The molecule has 0 radical (unpaired) electrons. The first-order valence-corrected chi connectivity index (χ1v) is 10.6. The second kappa shape index (κ2) is 6.44. The minimum Gasteiger partial charge on any atom is -0.497 e. The van der Waals surface area contributed by atoms with E-state index in [9.17, 15) is 13.2 Å². The lowest BCUT2D eigenvalue weighted by atomic mass is 10.1. The number of carbonyl (C=O) groups is 1. The van der Waals surface area contributed by atoms with Crippen molar-refractivity contribution < 1.29 is 17.9 Å². The number of sulfone groups is 1. The summed E-state index contributed by atoms with van der Waals surface area (Å²) in [5.41, 5.74) is 1.22. The molecule has 8 nitrogen and oxygen atoms in total. The quantitative estimate of drug-likeness (QED) is 0.841. The summed E-state index contributed by atoms with van der Waals surface area (Å²) in [4.78, 5) is 21.4. The Hall–Kier alpha value is -2.33. The van der Waals surface area contributed by atoms with Crippen molar-refractivity contribution in [1.82, 2.24) is 14.9 Å². The zero-order chi connectivity index (χ0) is 18.3. The number of amides is 1. The Bertz CT molecular complexity index is 1010. The molecule has 0 unspecified atom stereocenters. The third kappa shape index (κ3) is 2.88. The molecule has 2 aliphatic rings. The fourth-order valence-electron chi connectivity index (χ4n) is 2.93. The van der Waals surface area contributed by atoms with E-state index in [0.29, 0.717) is 28.7 Å². The Labute approximate surface area is 154 Å². The van der Waals surface area contributed by atoms with Gasteiger partial charge >= 0.3 is 0 Å². The first-order valence-electron chi connectivity index (χ1n) is 7.96. The van der Waals surface area contributed by atoms with Crippen LogP contribution in [0.4, 0.5) is 0 Å². The van der Waals surface area contributed by atoms with Gasteiger partial charge < -0.3 is 9.30 Å². The minimum absolute atomic E-state index is 0.0474. The van der Waals surface area contributed by atoms with Gasteiger partial charge in [-0.15, -0.1) is 0 Å². The Kier molecular flexibility index (Phi) is 4.23. The number of fused-ring (bicyclic) bond motifs is 1. The van der Waals surface area contributed by atoms with E-state index in [-0.39, 0.29) is 23.1 Å². The number of hydrogen-bond donors (Lipinski definition) is 1. The number of carbonyl (C=O) groups excluding carboxylic acids is 1. The van der Waals surface area contributed by atoms with Gasteiger partial charge in [-0.3, -0.25) is 15.1 Å². The lowest BCUT2D eigenvalue weighted by Crippen LogP contribution is -2.29. The number of nitrogens with one attached hydrogen (secondary N) is 1. The van der Waals surface area contributed by atoms with Crippen LogP contribution in [0.15, 0.2) is 34.4 Å². The number of aromatic nitrogens is 2. The molecule has 1 N–H and O–H groups in total. The molecule has 0 saturated carbocycles. The van der Waals surface area contributed by atoms with Crippen LogP contribution >= 0.6 is 11.8 Å². The van der Waals surface area contributed by atoms with Crippen LogP contribution in [0.3, 0.4) is 0 Å². The van der Waals surface area contributed by atoms with E-state index >= 15 is 0 Å². The molecule has 0 spiro atoms. The summed E-state index contributed by atoms with van der Waals surface area (Å²) >= 11 is 1.46. The molecule has 2 aliphatic heterocycles. The number of benzene rings is 1. The summed E-state index contributed by atoms with van der Waals surface area (Å²) in [6.07, 6.45) is 0. The number of amidine groups is 1. The van der Waals surface area contributed by atoms with Gasteiger partial charge in [0.1, 0.15) is 17.1 Å². The summed E-state index contributed by atoms with van der Waals surface area (Å²) in [5.74, 6) is 1.03. The normalized spacial score (nSPS) is 17.7. The number of rotatable bonds is 3. The summed E-state index contributed by atoms with van der Waals surface area (Å²) < 4.78 is 31.1. The van der Waals surface area contributed by atoms with Crippen LogP contribution in [0, 0.1) is 0 Å². The first-order chi connectivity index (χ1) is 12.5. The van der Waals surface area contributed by atoms with Crippen LogP contribution in [-0.2, 0) is 16.4 Å². The second-order valence-corrected chi connectivity index (χ2v) is 8.87. The van der Waals surface area contributed by atoms with E-state index in [1.807, 2.05) is 0 Å². The lowest BCUT2D eigenvalue weighted by Gasteiger charge is -2.08. The molecule has 0 fully saturated rings. The molecule has 4 rings (SSSR count). The molecule has 1 aromatic heterocycles. The third-order valence-corrected chi connectivity index (χ3v) is 6.66. The summed E-state index contributed by atoms with van der Waals surface area (Å²) in [5, 5.41) is 3.25. The minimum atomic E-state index is -3.48. The average Bonchev–Trinajstić information content (AvgIpc) is 3.33. The van der Waals surface area contributed by atoms with E-state index in [1.54, 1.807) is 31.4 Å². The maximum absolute atomic E-state index is 12.9. The smallest absolute Gasteiger partial charge is 0.276 e. The van der Waals surface area contributed by atoms with Gasteiger partial charge in [0.15, 0.2) is 5.17 Å². The molecule has 1 amide bonds. The molecule has 0 aliphatic carbocycles. The van der Waals surface area contributed by atoms with Crippen molar-refractivity contribution in [2.24, 2.45) is 4.99 Å². The SMILES string of the molecule is COc1ccc(-c2nc3n(c2C(=O)NC2=NCCS2)CCS3(=O)=O)cc1. The Morgan fingerprint density at radius 1 is 1.31 bits per heavy atom. The fourth-order valence-corrected chi connectivity index (χ4v) is 5.01. The maximum atomic E-state index is 12.9. The van der Waals surface area contributed by atoms with Gasteiger partial charge in [-0.05, 0) is 24.3 Å². The number of thioether (sulfide) groups is 1. The molecule has 26 heavy (non-hydrogen) atoms. The molecular formula is C16H16N4O4S2. The Morgan fingerprint density at radius 2 is 2.08 bits per heavy atom. The monoisotopic (exact) mass is 392 g/mol. The zero-order valence-corrected chi connectivity index (χ0v) is 15.6. The van der Waals surface area contributed by atoms with Crippen molar-refractivity contribution >= 4 is 32.7 Å². The van der Waals surface area contributed by atoms with Crippen molar-refractivity contribution in [3.05, 3.63) is 30.0 Å². The van der Waals surface area contributed by atoms with Crippen LogP contribution in [-0.4, -0.2) is 54.2 Å². The molecule has 10 heteroatoms. The average molecular weight is 392 g/mol. The van der Waals surface area contributed by atoms with Crippen molar-refractivity contribution in [2.45, 2.75) is 11.7 Å². The van der Waals surface area contributed by atoms with Crippen LogP contribution in [0.1, 0.15) is 10.5 Å². The number of aliphatic imine (C=N–C) groups is 1. The van der Waals surface area contributed by atoms with E-state index < -0.39 is 15.7 Å². The third-order valence-electron chi connectivity index (χ3n) is 4.18. The lowest BCUT2D eigenvalue weighted by molar-refractivity contribution is 0.0969. The van der Waals surface area contributed by atoms with E-state index in [2.05, 4.69) is 15.3 Å². The van der Waals surface area contributed by atoms with Gasteiger partial charge in [0.2, 0.25) is 15.0 Å². The Morgan fingerprint density at radius 3 is 2.73 bits per heavy atom. The van der Waals surface area contributed by atoms with Gasteiger partial charge in [0.25, 0.3) is 5.91 Å². The van der Waals surface area contributed by atoms with Crippen molar-refractivity contribution in [3.8, 4) is 17.0 Å². The molecule has 0 saturated heterocycles. The molecular weight excluding hydrogens is 376 g/mol. The highest BCUT2D eigenvalue weighted by atomic mass is 32.2. The number of hydrogen-bond acceptors (Lipinski definition) is 7. The maximum Gasteiger partial charge on any atom is 0.276 e. The van der Waals surface area contributed by atoms with E-state index in [1.165, 1.54) is 16.3 Å². The number of nitrogens with zero attached hydrogens (tertiary/aromatic N) is 3. The fraction of sp³-hybridized carbons (Fsp3) is 0.312. The summed E-state index contributed by atoms with van der Waals surface area (Å²) in [6, 6.07) is 6.99. The first kappa shape index (κ1) is 17.1. The van der Waals surface area contributed by atoms with E-state index in [4.69, 9.17) is 4.74 Å². The highest BCUT2D eigenvalue weighted by molar-refractivity contribution is 8.14. The molecule has 1 aromatic carbocycles. The summed E-state index contributed by atoms with van der Waals surface area (Å²) in [7, 11) is -1.92. The zero-order valence-electron chi connectivity index (χ0n) is 13.9. The van der Waals surface area contributed by atoms with Crippen LogP contribution in [0.25, 0.3) is 11.3 Å². The standard InChI is InChI=1S/C16H16N4O4S2/c1-24-11-4-2-10(3-5-11)12-13(14(21)19-15-17-6-8-25-15)20-7-9-26(22,23)16(20)18-12/h2-5H,6-9H2,1H3,(H,17,19,21). The van der Waals surface area contributed by atoms with Gasteiger partial charge in [-0.25, -0.2) is 13.4 Å². The topological polar surface area (TPSA) is 103 Å². The number of methoxy groups -OCH3 is 1. The molecule has 136 valence electrons. The largest absolute Gasteiger partial charge is 0.497 e. The van der Waals surface area contributed by atoms with Gasteiger partial charge in [0, 0.05) is 17.9 Å². The van der Waals surface area contributed by atoms with Crippen LogP contribution in [0.5, 0.6) is 5.75 Å².